The van der Waals surface area contributed by atoms with Gasteiger partial charge in [0.2, 0.25) is 0 Å². The second kappa shape index (κ2) is 5.80. The Bertz CT molecular complexity index is 661. The van der Waals surface area contributed by atoms with Crippen LogP contribution in [0.15, 0.2) is 40.9 Å². The molecule has 2 N–H and O–H groups in total. The van der Waals surface area contributed by atoms with Crippen LogP contribution in [0.4, 0.5) is 23.2 Å². The molecule has 21 heavy (non-hydrogen) atoms. The Morgan fingerprint density at radius 1 is 1.00 bits per heavy atom. The average Bonchev–Trinajstić information content (AvgIpc) is 2.36. The predicted molar refractivity (Wildman–Crippen MR) is 71.7 cm³/mol. The van der Waals surface area contributed by atoms with Crippen molar-refractivity contribution in [2.45, 2.75) is 6.36 Å². The van der Waals surface area contributed by atoms with Crippen molar-refractivity contribution in [3.63, 3.8) is 0 Å². The summed E-state index contributed by atoms with van der Waals surface area (Å²) in [6.45, 7) is 0. The third kappa shape index (κ3) is 4.25. The van der Waals surface area contributed by atoms with Crippen LogP contribution in [0.2, 0.25) is 0 Å². The van der Waals surface area contributed by atoms with Gasteiger partial charge in [0, 0.05) is 6.07 Å². The van der Waals surface area contributed by atoms with Crippen LogP contribution >= 0.6 is 15.9 Å². The Morgan fingerprint density at radius 2 is 1.71 bits per heavy atom. The van der Waals surface area contributed by atoms with Gasteiger partial charge < -0.3 is 15.2 Å². The van der Waals surface area contributed by atoms with Crippen molar-refractivity contribution in [3.05, 3.63) is 46.7 Å². The van der Waals surface area contributed by atoms with E-state index in [9.17, 15) is 17.6 Å². The summed E-state index contributed by atoms with van der Waals surface area (Å²) >= 11 is 2.94. The van der Waals surface area contributed by atoms with Gasteiger partial charge in [0.25, 0.3) is 0 Å². The molecule has 0 amide bonds. The van der Waals surface area contributed by atoms with Crippen LogP contribution in [-0.2, 0) is 0 Å². The first-order valence-electron chi connectivity index (χ1n) is 5.53. The molecule has 2 aromatic carbocycles. The van der Waals surface area contributed by atoms with Crippen LogP contribution in [0.5, 0.6) is 17.2 Å². The highest BCUT2D eigenvalue weighted by Crippen LogP contribution is 2.35. The summed E-state index contributed by atoms with van der Waals surface area (Å²) in [5.41, 5.74) is 5.81. The fourth-order valence-corrected chi connectivity index (χ4v) is 1.91. The number of halogens is 5. The summed E-state index contributed by atoms with van der Waals surface area (Å²) in [5, 5.41) is 0. The molecule has 0 aliphatic rings. The SMILES string of the molecule is Nc1ccc(F)cc1Oc1ccc(OC(F)(F)F)c(Br)c1. The number of hydrogen-bond donors (Lipinski definition) is 1. The number of anilines is 1. The quantitative estimate of drug-likeness (QED) is 0.623. The van der Waals surface area contributed by atoms with E-state index in [1.807, 2.05) is 0 Å². The number of rotatable bonds is 3. The molecule has 0 radical (unpaired) electrons. The number of hydrogen-bond acceptors (Lipinski definition) is 3. The highest BCUT2D eigenvalue weighted by Gasteiger charge is 2.32. The van der Waals surface area contributed by atoms with Gasteiger partial charge in [0.05, 0.1) is 10.2 Å². The maximum atomic E-state index is 13.1. The van der Waals surface area contributed by atoms with Gasteiger partial charge in [-0.1, -0.05) is 0 Å². The number of alkyl halides is 3. The first-order chi connectivity index (χ1) is 9.74. The predicted octanol–water partition coefficient (Wildman–Crippen LogP) is 4.86. The number of nitrogen functional groups attached to an aromatic ring is 1. The van der Waals surface area contributed by atoms with E-state index in [1.165, 1.54) is 24.3 Å². The fourth-order valence-electron chi connectivity index (χ4n) is 1.48. The highest BCUT2D eigenvalue weighted by atomic mass is 79.9. The minimum Gasteiger partial charge on any atom is -0.455 e. The molecule has 2 rings (SSSR count). The molecule has 0 fully saturated rings. The van der Waals surface area contributed by atoms with Gasteiger partial charge in [-0.25, -0.2) is 4.39 Å². The second-order valence-corrected chi connectivity index (χ2v) is 4.78. The van der Waals surface area contributed by atoms with Gasteiger partial charge in [0.15, 0.2) is 5.75 Å². The lowest BCUT2D eigenvalue weighted by atomic mass is 10.3. The van der Waals surface area contributed by atoms with Crippen molar-refractivity contribution < 1.29 is 27.0 Å². The van der Waals surface area contributed by atoms with Crippen LogP contribution in [0.1, 0.15) is 0 Å². The monoisotopic (exact) mass is 365 g/mol. The third-order valence-corrected chi connectivity index (χ3v) is 2.95. The molecule has 0 aliphatic heterocycles. The number of ether oxygens (including phenoxy) is 2. The standard InChI is InChI=1S/C13H8BrF4NO2/c14-9-6-8(2-4-11(9)21-13(16,17)18)20-12-5-7(15)1-3-10(12)19/h1-6H,19H2. The summed E-state index contributed by atoms with van der Waals surface area (Å²) in [6, 6.07) is 7.13. The number of nitrogens with two attached hydrogens (primary N) is 1. The van der Waals surface area contributed by atoms with E-state index in [1.54, 1.807) is 0 Å². The average molecular weight is 366 g/mol. The van der Waals surface area contributed by atoms with Crippen molar-refractivity contribution in [2.24, 2.45) is 0 Å². The molecule has 0 spiro atoms. The molecule has 0 unspecified atom stereocenters. The van der Waals surface area contributed by atoms with Crippen molar-refractivity contribution >= 4 is 21.6 Å². The summed E-state index contributed by atoms with van der Waals surface area (Å²) < 4.78 is 58.6. The lowest BCUT2D eigenvalue weighted by Gasteiger charge is -2.12. The van der Waals surface area contributed by atoms with Crippen molar-refractivity contribution in [1.82, 2.24) is 0 Å². The van der Waals surface area contributed by atoms with E-state index in [2.05, 4.69) is 20.7 Å². The first-order valence-corrected chi connectivity index (χ1v) is 6.32. The van der Waals surface area contributed by atoms with Gasteiger partial charge in [-0.2, -0.15) is 0 Å². The molecule has 112 valence electrons. The largest absolute Gasteiger partial charge is 0.573 e. The van der Waals surface area contributed by atoms with Crippen molar-refractivity contribution in [3.8, 4) is 17.2 Å². The summed E-state index contributed by atoms with van der Waals surface area (Å²) in [6.07, 6.45) is -4.79. The van der Waals surface area contributed by atoms with Crippen LogP contribution in [-0.4, -0.2) is 6.36 Å². The number of benzene rings is 2. The Labute approximate surface area is 125 Å². The van der Waals surface area contributed by atoms with Gasteiger partial charge in [-0.15, -0.1) is 13.2 Å². The zero-order valence-corrected chi connectivity index (χ0v) is 11.8. The minimum atomic E-state index is -4.79. The smallest absolute Gasteiger partial charge is 0.455 e. The maximum absolute atomic E-state index is 13.1. The molecule has 2 aromatic rings. The summed E-state index contributed by atoms with van der Waals surface area (Å²) in [5.74, 6) is -0.725. The molecule has 3 nitrogen and oxygen atoms in total. The van der Waals surface area contributed by atoms with E-state index in [0.717, 1.165) is 12.1 Å². The summed E-state index contributed by atoms with van der Waals surface area (Å²) in [4.78, 5) is 0. The molecule has 0 heterocycles. The first kappa shape index (κ1) is 15.4. The van der Waals surface area contributed by atoms with Gasteiger partial charge in [-0.05, 0) is 46.3 Å². The van der Waals surface area contributed by atoms with Crippen LogP contribution in [0.3, 0.4) is 0 Å². The Morgan fingerprint density at radius 3 is 2.33 bits per heavy atom. The van der Waals surface area contributed by atoms with Crippen molar-refractivity contribution in [2.75, 3.05) is 5.73 Å². The molecule has 0 bridgehead atoms. The molecule has 0 atom stereocenters. The van der Waals surface area contributed by atoms with Gasteiger partial charge >= 0.3 is 6.36 Å². The zero-order chi connectivity index (χ0) is 15.6. The minimum absolute atomic E-state index is 0.0345. The lowest BCUT2D eigenvalue weighted by molar-refractivity contribution is -0.274. The topological polar surface area (TPSA) is 44.5 Å². The second-order valence-electron chi connectivity index (χ2n) is 3.92. The fraction of sp³-hybridized carbons (Fsp3) is 0.0769. The maximum Gasteiger partial charge on any atom is 0.573 e. The molecule has 0 saturated carbocycles. The Hall–Kier alpha value is -1.96. The molecule has 8 heteroatoms. The van der Waals surface area contributed by atoms with Gasteiger partial charge in [-0.3, -0.25) is 0 Å². The van der Waals surface area contributed by atoms with Crippen LogP contribution in [0.25, 0.3) is 0 Å². The third-order valence-electron chi connectivity index (χ3n) is 2.33. The zero-order valence-electron chi connectivity index (χ0n) is 10.2. The normalized spacial score (nSPS) is 11.3. The lowest BCUT2D eigenvalue weighted by Crippen LogP contribution is -2.17. The molecular weight excluding hydrogens is 358 g/mol. The van der Waals surface area contributed by atoms with E-state index in [0.29, 0.717) is 0 Å². The van der Waals surface area contributed by atoms with E-state index in [4.69, 9.17) is 10.5 Å². The molecular formula is C13H8BrF4NO2. The van der Waals surface area contributed by atoms with Crippen molar-refractivity contribution in [1.29, 1.82) is 0 Å². The molecule has 0 aromatic heterocycles. The van der Waals surface area contributed by atoms with Gasteiger partial charge in [0.1, 0.15) is 17.3 Å². The molecule has 0 aliphatic carbocycles. The Balaban J connectivity index is 2.22. The van der Waals surface area contributed by atoms with E-state index < -0.39 is 17.9 Å². The highest BCUT2D eigenvalue weighted by molar-refractivity contribution is 9.10. The van der Waals surface area contributed by atoms with E-state index >= 15 is 0 Å². The molecule has 0 saturated heterocycles. The Kier molecular flexibility index (Phi) is 4.26. The van der Waals surface area contributed by atoms with Crippen LogP contribution in [0, 0.1) is 5.82 Å². The summed E-state index contributed by atoms with van der Waals surface area (Å²) in [7, 11) is 0. The van der Waals surface area contributed by atoms with Crippen LogP contribution < -0.4 is 15.2 Å². The van der Waals surface area contributed by atoms with E-state index in [-0.39, 0.29) is 21.7 Å².